The number of nitrogens with zero attached hydrogens (tertiary/aromatic N) is 4. The minimum atomic E-state index is -1.16. The van der Waals surface area contributed by atoms with Gasteiger partial charge in [-0.3, -0.25) is 19.4 Å². The van der Waals surface area contributed by atoms with E-state index in [1.54, 1.807) is 24.5 Å². The number of carbonyl (C=O) groups is 3. The van der Waals surface area contributed by atoms with Crippen LogP contribution in [0, 0.1) is 0 Å². The smallest absolute Gasteiger partial charge is 0.303 e. The van der Waals surface area contributed by atoms with Crippen molar-refractivity contribution >= 4 is 17.9 Å². The highest BCUT2D eigenvalue weighted by molar-refractivity contribution is 5.68. The predicted molar refractivity (Wildman–Crippen MR) is 106 cm³/mol. The molecule has 0 bridgehead atoms. The Hall–Kier alpha value is -3.38. The van der Waals surface area contributed by atoms with Crippen molar-refractivity contribution in [2.24, 2.45) is 0 Å². The Morgan fingerprint density at radius 1 is 0.969 bits per heavy atom. The van der Waals surface area contributed by atoms with Gasteiger partial charge in [0.2, 0.25) is 0 Å². The molecule has 172 valence electrons. The third-order valence-electron chi connectivity index (χ3n) is 4.56. The Balaban J connectivity index is 1.90. The van der Waals surface area contributed by atoms with E-state index >= 15 is 0 Å². The molecule has 12 nitrogen and oxygen atoms in total. The zero-order valence-electron chi connectivity index (χ0n) is 18.0. The summed E-state index contributed by atoms with van der Waals surface area (Å²) < 4.78 is 28.8. The molecule has 0 radical (unpaired) electrons. The summed E-state index contributed by atoms with van der Waals surface area (Å²) in [4.78, 5) is 39.4. The van der Waals surface area contributed by atoms with E-state index in [1.807, 2.05) is 6.07 Å². The summed E-state index contributed by atoms with van der Waals surface area (Å²) in [7, 11) is 1.35. The molecule has 0 unspecified atom stereocenters. The summed E-state index contributed by atoms with van der Waals surface area (Å²) in [5.74, 6) is -1.93. The molecule has 1 saturated heterocycles. The zero-order valence-corrected chi connectivity index (χ0v) is 18.0. The number of rotatable bonds is 7. The van der Waals surface area contributed by atoms with Crippen LogP contribution in [-0.2, 0) is 44.6 Å². The molecule has 2 aromatic rings. The van der Waals surface area contributed by atoms with Gasteiger partial charge in [-0.15, -0.1) is 5.10 Å². The Kier molecular flexibility index (Phi) is 7.49. The van der Waals surface area contributed by atoms with Crippen LogP contribution in [0.5, 0.6) is 0 Å². The molecule has 0 aromatic carbocycles. The lowest BCUT2D eigenvalue weighted by atomic mass is 9.97. The molecule has 5 atom stereocenters. The molecule has 0 spiro atoms. The van der Waals surface area contributed by atoms with Crippen molar-refractivity contribution in [3.05, 3.63) is 30.6 Å². The van der Waals surface area contributed by atoms with Crippen LogP contribution in [0.25, 0.3) is 11.4 Å². The molecular weight excluding hydrogens is 424 g/mol. The minimum absolute atomic E-state index is 0.0716. The van der Waals surface area contributed by atoms with E-state index in [-0.39, 0.29) is 6.54 Å². The van der Waals surface area contributed by atoms with Crippen LogP contribution >= 0.6 is 0 Å². The Bertz CT molecular complexity index is 950. The molecule has 0 saturated carbocycles. The molecule has 3 heterocycles. The van der Waals surface area contributed by atoms with E-state index in [2.05, 4.69) is 15.3 Å². The van der Waals surface area contributed by atoms with Crippen LogP contribution < -0.4 is 0 Å². The fraction of sp³-hybridized carbons (Fsp3) is 0.500. The summed E-state index contributed by atoms with van der Waals surface area (Å²) in [5, 5.41) is 8.18. The van der Waals surface area contributed by atoms with Gasteiger partial charge in [0.1, 0.15) is 11.8 Å². The first kappa shape index (κ1) is 23.3. The lowest BCUT2D eigenvalue weighted by molar-refractivity contribution is -0.300. The molecule has 12 heteroatoms. The second-order valence-electron chi connectivity index (χ2n) is 7.04. The van der Waals surface area contributed by atoms with Gasteiger partial charge in [0.15, 0.2) is 24.6 Å². The van der Waals surface area contributed by atoms with E-state index in [0.717, 1.165) is 0 Å². The first-order valence-electron chi connectivity index (χ1n) is 9.80. The van der Waals surface area contributed by atoms with Gasteiger partial charge >= 0.3 is 17.9 Å². The number of hydrogen-bond acceptors (Lipinski definition) is 11. The maximum absolute atomic E-state index is 11.8. The van der Waals surface area contributed by atoms with Gasteiger partial charge in [-0.2, -0.15) is 0 Å². The topological polar surface area (TPSA) is 141 Å². The fourth-order valence-corrected chi connectivity index (χ4v) is 3.40. The number of methoxy groups -OCH3 is 1. The number of esters is 3. The highest BCUT2D eigenvalue weighted by Gasteiger charge is 2.52. The minimum Gasteiger partial charge on any atom is -0.456 e. The van der Waals surface area contributed by atoms with E-state index in [1.165, 1.54) is 32.6 Å². The van der Waals surface area contributed by atoms with Gasteiger partial charge in [0.25, 0.3) is 0 Å². The Morgan fingerprint density at radius 3 is 2.22 bits per heavy atom. The summed E-state index contributed by atoms with van der Waals surface area (Å²) in [5.41, 5.74) is 1.16. The van der Waals surface area contributed by atoms with Crippen molar-refractivity contribution in [2.75, 3.05) is 7.11 Å². The van der Waals surface area contributed by atoms with Gasteiger partial charge < -0.3 is 23.7 Å². The summed E-state index contributed by atoms with van der Waals surface area (Å²) in [6, 6.07) is 5.39. The first-order chi connectivity index (χ1) is 15.3. The molecule has 0 amide bonds. The summed E-state index contributed by atoms with van der Waals surface area (Å²) >= 11 is 0. The van der Waals surface area contributed by atoms with Gasteiger partial charge in [-0.05, 0) is 12.1 Å². The maximum atomic E-state index is 11.8. The highest BCUT2D eigenvalue weighted by atomic mass is 16.7. The largest absolute Gasteiger partial charge is 0.456 e. The number of hydrogen-bond donors (Lipinski definition) is 0. The van der Waals surface area contributed by atoms with Gasteiger partial charge in [0, 0.05) is 34.1 Å². The van der Waals surface area contributed by atoms with Crippen molar-refractivity contribution in [1.82, 2.24) is 20.0 Å². The number of aromatic nitrogens is 4. The average Bonchev–Trinajstić information content (AvgIpc) is 3.20. The number of pyridine rings is 1. The van der Waals surface area contributed by atoms with Crippen molar-refractivity contribution in [1.29, 1.82) is 0 Å². The normalized spacial score (nSPS) is 25.1. The SMILES string of the molecule is CO[C@H]1O[C@H](Cn2cc(-c3ccccn3)nn2)[C@@H](OC(C)=O)[C@H](OC(C)=O)[C@H]1OC(C)=O. The van der Waals surface area contributed by atoms with Crippen LogP contribution in [-0.4, -0.2) is 75.7 Å². The third-order valence-corrected chi connectivity index (χ3v) is 4.56. The molecule has 1 aliphatic heterocycles. The van der Waals surface area contributed by atoms with Crippen molar-refractivity contribution < 1.29 is 38.1 Å². The van der Waals surface area contributed by atoms with Crippen LogP contribution in [0.1, 0.15) is 20.8 Å². The molecule has 1 aliphatic rings. The Morgan fingerprint density at radius 2 is 1.62 bits per heavy atom. The lowest BCUT2D eigenvalue weighted by Gasteiger charge is -2.43. The number of carbonyl (C=O) groups excluding carboxylic acids is 3. The number of ether oxygens (including phenoxy) is 5. The quantitative estimate of drug-likeness (QED) is 0.432. The van der Waals surface area contributed by atoms with E-state index < -0.39 is 48.6 Å². The maximum Gasteiger partial charge on any atom is 0.303 e. The van der Waals surface area contributed by atoms with E-state index in [0.29, 0.717) is 11.4 Å². The van der Waals surface area contributed by atoms with E-state index in [4.69, 9.17) is 23.7 Å². The molecule has 1 fully saturated rings. The van der Waals surface area contributed by atoms with Gasteiger partial charge in [0.05, 0.1) is 18.4 Å². The zero-order chi connectivity index (χ0) is 23.3. The van der Waals surface area contributed by atoms with Crippen LogP contribution in [0.15, 0.2) is 30.6 Å². The highest BCUT2D eigenvalue weighted by Crippen LogP contribution is 2.30. The standard InChI is InChI=1S/C20H24N4O8/c1-11(25)29-17-16(10-24-9-15(22-23-24)14-7-5-6-8-21-14)32-20(28-4)19(31-13(3)27)18(17)30-12(2)26/h5-9,16-20H,10H2,1-4H3/t16-,17-,18+,19-,20+/m1/s1. The van der Waals surface area contributed by atoms with Crippen LogP contribution in [0.2, 0.25) is 0 Å². The van der Waals surface area contributed by atoms with Gasteiger partial charge in [-0.25, -0.2) is 4.68 Å². The van der Waals surface area contributed by atoms with Crippen molar-refractivity contribution in [2.45, 2.75) is 58.0 Å². The van der Waals surface area contributed by atoms with Crippen LogP contribution in [0.3, 0.4) is 0 Å². The predicted octanol–water partition coefficient (Wildman–Crippen LogP) is 0.506. The average molecular weight is 448 g/mol. The molecule has 0 aliphatic carbocycles. The fourth-order valence-electron chi connectivity index (χ4n) is 3.40. The summed E-state index contributed by atoms with van der Waals surface area (Å²) in [6.45, 7) is 3.67. The molecule has 0 N–H and O–H groups in total. The molecule has 3 rings (SSSR count). The Labute approximate surface area is 183 Å². The van der Waals surface area contributed by atoms with Crippen molar-refractivity contribution in [3.63, 3.8) is 0 Å². The van der Waals surface area contributed by atoms with Gasteiger partial charge in [-0.1, -0.05) is 11.3 Å². The van der Waals surface area contributed by atoms with Crippen molar-refractivity contribution in [3.8, 4) is 11.4 Å². The third kappa shape index (κ3) is 5.65. The first-order valence-corrected chi connectivity index (χ1v) is 9.80. The molecular formula is C20H24N4O8. The lowest BCUT2D eigenvalue weighted by Crippen LogP contribution is -2.62. The van der Waals surface area contributed by atoms with Crippen LogP contribution in [0.4, 0.5) is 0 Å². The molecule has 32 heavy (non-hydrogen) atoms. The van der Waals surface area contributed by atoms with E-state index in [9.17, 15) is 14.4 Å². The summed E-state index contributed by atoms with van der Waals surface area (Å²) in [6.07, 6.45) is -2.08. The second-order valence-corrected chi connectivity index (χ2v) is 7.04. The second kappa shape index (κ2) is 10.3. The molecule has 2 aromatic heterocycles. The monoisotopic (exact) mass is 448 g/mol.